The van der Waals surface area contributed by atoms with E-state index in [9.17, 15) is 15.0 Å². The number of rotatable bonds is 1. The lowest BCUT2D eigenvalue weighted by molar-refractivity contribution is -0.237. The molecule has 5 heteroatoms. The second kappa shape index (κ2) is 4.63. The third-order valence-electron chi connectivity index (χ3n) is 10.1. The van der Waals surface area contributed by atoms with Gasteiger partial charge in [-0.1, -0.05) is 19.1 Å². The van der Waals surface area contributed by atoms with Crippen molar-refractivity contribution in [2.75, 3.05) is 6.54 Å². The zero-order chi connectivity index (χ0) is 19.0. The number of hydrogen-bond donors (Lipinski definition) is 3. The number of aliphatic hydroxyl groups excluding tert-OH is 1. The van der Waals surface area contributed by atoms with E-state index < -0.39 is 11.7 Å². The lowest BCUT2D eigenvalue weighted by Crippen LogP contribution is -2.72. The fraction of sp³-hybridized carbons (Fsp3) is 0.864. The largest absolute Gasteiger partial charge is 0.459 e. The maximum Gasteiger partial charge on any atom is 0.303 e. The molecule has 1 saturated heterocycles. The van der Waals surface area contributed by atoms with E-state index in [1.165, 1.54) is 6.92 Å². The summed E-state index contributed by atoms with van der Waals surface area (Å²) in [4.78, 5) is 12.0. The third-order valence-corrected chi connectivity index (χ3v) is 10.1. The van der Waals surface area contributed by atoms with Gasteiger partial charge in [0.05, 0.1) is 6.10 Å². The first kappa shape index (κ1) is 17.0. The minimum Gasteiger partial charge on any atom is -0.459 e. The summed E-state index contributed by atoms with van der Waals surface area (Å²) in [6.45, 7) is 8.94. The predicted octanol–water partition coefficient (Wildman–Crippen LogP) is 1.77. The van der Waals surface area contributed by atoms with E-state index in [4.69, 9.17) is 4.74 Å². The van der Waals surface area contributed by atoms with Crippen molar-refractivity contribution in [2.45, 2.75) is 76.2 Å². The molecule has 10 atom stereocenters. The van der Waals surface area contributed by atoms with Gasteiger partial charge >= 0.3 is 5.97 Å². The number of carbonyl (C=O) groups is 1. The van der Waals surface area contributed by atoms with Crippen LogP contribution in [-0.4, -0.2) is 46.6 Å². The normalized spacial score (nSPS) is 62.4. The van der Waals surface area contributed by atoms with Crippen molar-refractivity contribution in [3.05, 3.63) is 12.2 Å². The molecule has 7 aliphatic rings. The van der Waals surface area contributed by atoms with E-state index in [-0.39, 0.29) is 40.3 Å². The van der Waals surface area contributed by atoms with E-state index in [0.717, 1.165) is 50.6 Å². The van der Waals surface area contributed by atoms with Crippen LogP contribution in [0.3, 0.4) is 0 Å². The van der Waals surface area contributed by atoms with Crippen molar-refractivity contribution in [3.63, 3.8) is 0 Å². The Morgan fingerprint density at radius 1 is 1.33 bits per heavy atom. The van der Waals surface area contributed by atoms with Crippen LogP contribution in [0.1, 0.15) is 52.4 Å². The number of esters is 1. The molecule has 10 unspecified atom stereocenters. The van der Waals surface area contributed by atoms with Crippen LogP contribution in [0.2, 0.25) is 0 Å². The quantitative estimate of drug-likeness (QED) is 0.482. The predicted molar refractivity (Wildman–Crippen MR) is 98.6 cm³/mol. The summed E-state index contributed by atoms with van der Waals surface area (Å²) < 4.78 is 5.86. The van der Waals surface area contributed by atoms with Crippen LogP contribution in [0.25, 0.3) is 0 Å². The summed E-state index contributed by atoms with van der Waals surface area (Å²) in [5.41, 5.74) is -0.187. The molecule has 1 heterocycles. The van der Waals surface area contributed by atoms with E-state index >= 15 is 0 Å². The number of fused-ring (bicyclic) bond motifs is 1. The Labute approximate surface area is 160 Å². The van der Waals surface area contributed by atoms with Crippen molar-refractivity contribution in [3.8, 4) is 0 Å². The Kier molecular flexibility index (Phi) is 2.91. The lowest BCUT2D eigenvalue weighted by Gasteiger charge is -2.66. The Balaban J connectivity index is 1.60. The third kappa shape index (κ3) is 1.54. The minimum atomic E-state index is -1.05. The Hall–Kier alpha value is -0.910. The molecule has 6 aliphatic carbocycles. The van der Waals surface area contributed by atoms with Crippen molar-refractivity contribution >= 4 is 5.97 Å². The van der Waals surface area contributed by atoms with Gasteiger partial charge in [-0.2, -0.15) is 0 Å². The van der Waals surface area contributed by atoms with Gasteiger partial charge in [-0.05, 0) is 61.2 Å². The SMILES string of the molecule is C=C1CC23CCC4C5(C)CNC6C4(CC(O)C5)C2CC1C(OC(C)=O)C63O. The topological polar surface area (TPSA) is 78.8 Å². The molecule has 0 aromatic heterocycles. The summed E-state index contributed by atoms with van der Waals surface area (Å²) in [6, 6.07) is -0.104. The highest BCUT2D eigenvalue weighted by atomic mass is 16.6. The van der Waals surface area contributed by atoms with Crippen molar-refractivity contribution < 1.29 is 19.7 Å². The Morgan fingerprint density at radius 3 is 2.85 bits per heavy atom. The van der Waals surface area contributed by atoms with Gasteiger partial charge in [-0.3, -0.25) is 4.79 Å². The number of hydrogen-bond acceptors (Lipinski definition) is 5. The zero-order valence-electron chi connectivity index (χ0n) is 16.3. The molecule has 7 fully saturated rings. The first-order valence-corrected chi connectivity index (χ1v) is 10.7. The second-order valence-corrected chi connectivity index (χ2v) is 11.0. The standard InChI is InChI=1S/C22H31NO4/c1-11-7-20-5-4-15-19(3)8-13(25)9-21(15)16(20)6-14(11)17(27-12(2)24)22(20,26)18(21)23-10-19/h13-18,23,25-26H,1,4-10H2,2-3H3. The number of aliphatic hydroxyl groups is 2. The molecule has 148 valence electrons. The molecule has 3 N–H and O–H groups in total. The fourth-order valence-corrected chi connectivity index (χ4v) is 9.82. The average molecular weight is 373 g/mol. The van der Waals surface area contributed by atoms with Gasteiger partial charge in [0.25, 0.3) is 0 Å². The van der Waals surface area contributed by atoms with Crippen LogP contribution in [-0.2, 0) is 9.53 Å². The molecule has 0 aromatic carbocycles. The summed E-state index contributed by atoms with van der Waals surface area (Å²) in [5.74, 6) is 0.621. The maximum atomic E-state index is 12.4. The van der Waals surface area contributed by atoms with E-state index in [1.807, 2.05) is 0 Å². The van der Waals surface area contributed by atoms with Crippen molar-refractivity contribution in [2.24, 2.45) is 34.0 Å². The van der Waals surface area contributed by atoms with Crippen LogP contribution in [0.15, 0.2) is 12.2 Å². The number of piperidine rings is 1. The van der Waals surface area contributed by atoms with Crippen LogP contribution >= 0.6 is 0 Å². The molecular weight excluding hydrogens is 342 g/mol. The van der Waals surface area contributed by atoms with Gasteiger partial charge in [0, 0.05) is 30.8 Å². The first-order chi connectivity index (χ1) is 12.7. The van der Waals surface area contributed by atoms with Gasteiger partial charge in [0.15, 0.2) is 0 Å². The van der Waals surface area contributed by atoms with Gasteiger partial charge in [0.2, 0.25) is 0 Å². The van der Waals surface area contributed by atoms with Gasteiger partial charge < -0.3 is 20.3 Å². The summed E-state index contributed by atoms with van der Waals surface area (Å²) in [7, 11) is 0. The van der Waals surface area contributed by atoms with Gasteiger partial charge in [0.1, 0.15) is 11.7 Å². The summed E-state index contributed by atoms with van der Waals surface area (Å²) >= 11 is 0. The first-order valence-electron chi connectivity index (χ1n) is 10.7. The highest BCUT2D eigenvalue weighted by Gasteiger charge is 2.87. The molecule has 27 heavy (non-hydrogen) atoms. The number of carbonyl (C=O) groups excluding carboxylic acids is 1. The van der Waals surface area contributed by atoms with Crippen LogP contribution in [0.4, 0.5) is 0 Å². The van der Waals surface area contributed by atoms with Crippen LogP contribution in [0.5, 0.6) is 0 Å². The van der Waals surface area contributed by atoms with Crippen LogP contribution in [0, 0.1) is 34.0 Å². The average Bonchev–Trinajstić information content (AvgIpc) is 2.62. The molecule has 1 aliphatic heterocycles. The zero-order valence-corrected chi connectivity index (χ0v) is 16.3. The molecule has 7 rings (SSSR count). The number of ether oxygens (including phenoxy) is 1. The molecule has 0 radical (unpaired) electrons. The molecule has 6 saturated carbocycles. The lowest BCUT2D eigenvalue weighted by atomic mass is 9.39. The van der Waals surface area contributed by atoms with E-state index in [0.29, 0.717) is 11.8 Å². The van der Waals surface area contributed by atoms with Gasteiger partial charge in [-0.25, -0.2) is 0 Å². The highest BCUT2D eigenvalue weighted by Crippen LogP contribution is 2.82. The van der Waals surface area contributed by atoms with Crippen molar-refractivity contribution in [1.29, 1.82) is 0 Å². The monoisotopic (exact) mass is 373 g/mol. The molecular formula is C22H31NO4. The minimum absolute atomic E-state index is 0.0385. The molecule has 5 nitrogen and oxygen atoms in total. The Bertz CT molecular complexity index is 767. The summed E-state index contributed by atoms with van der Waals surface area (Å²) in [6.07, 6.45) is 4.67. The summed E-state index contributed by atoms with van der Waals surface area (Å²) in [5, 5.41) is 27.1. The highest BCUT2D eigenvalue weighted by molar-refractivity contribution is 5.66. The van der Waals surface area contributed by atoms with Gasteiger partial charge in [-0.15, -0.1) is 0 Å². The molecule has 0 amide bonds. The Morgan fingerprint density at radius 2 is 2.11 bits per heavy atom. The van der Waals surface area contributed by atoms with E-state index in [2.05, 4.69) is 18.8 Å². The maximum absolute atomic E-state index is 12.4. The fourth-order valence-electron chi connectivity index (χ4n) is 9.82. The van der Waals surface area contributed by atoms with Crippen molar-refractivity contribution in [1.82, 2.24) is 5.32 Å². The molecule has 2 spiro atoms. The molecule has 0 aromatic rings. The smallest absolute Gasteiger partial charge is 0.303 e. The van der Waals surface area contributed by atoms with E-state index in [1.54, 1.807) is 0 Å². The second-order valence-electron chi connectivity index (χ2n) is 11.0. The number of nitrogens with one attached hydrogen (secondary N) is 1. The molecule has 6 bridgehead atoms. The van der Waals surface area contributed by atoms with Crippen LogP contribution < -0.4 is 5.32 Å².